The molecule has 5 rings (SSSR count). The summed E-state index contributed by atoms with van der Waals surface area (Å²) < 4.78 is 11.3. The minimum Gasteiger partial charge on any atom is -0.436 e. The molecule has 1 aliphatic heterocycles. The Morgan fingerprint density at radius 3 is 2.84 bits per heavy atom. The summed E-state index contributed by atoms with van der Waals surface area (Å²) in [4.78, 5) is 19.1. The number of hydrogen-bond acceptors (Lipinski definition) is 5. The third kappa shape index (κ3) is 2.23. The summed E-state index contributed by atoms with van der Waals surface area (Å²) in [5.41, 5.74) is 4.31. The van der Waals surface area contributed by atoms with E-state index in [1.54, 1.807) is 0 Å². The second-order valence-electron chi connectivity index (χ2n) is 6.48. The molecule has 0 bridgehead atoms. The molecule has 0 radical (unpaired) electrons. The first kappa shape index (κ1) is 14.3. The fourth-order valence-electron chi connectivity index (χ4n) is 3.52. The minimum absolute atomic E-state index is 0.298. The van der Waals surface area contributed by atoms with E-state index in [1.165, 1.54) is 5.56 Å². The number of aryl methyl sites for hydroxylation is 1. The number of hydrogen-bond donors (Lipinski definition) is 0. The molecule has 0 fully saturated rings. The molecule has 0 spiro atoms. The summed E-state index contributed by atoms with van der Waals surface area (Å²) in [6, 6.07) is 13.3. The van der Waals surface area contributed by atoms with Crippen LogP contribution >= 0.6 is 0 Å². The van der Waals surface area contributed by atoms with Gasteiger partial charge in [-0.05, 0) is 42.7 Å². The van der Waals surface area contributed by atoms with Gasteiger partial charge in [0, 0.05) is 30.7 Å². The highest BCUT2D eigenvalue weighted by molar-refractivity contribution is 5.86. The van der Waals surface area contributed by atoms with Crippen LogP contribution in [0.4, 0.5) is 5.69 Å². The smallest absolute Gasteiger partial charge is 0.349 e. The first-order valence-corrected chi connectivity index (χ1v) is 8.37. The lowest BCUT2D eigenvalue weighted by Crippen LogP contribution is -2.24. The largest absolute Gasteiger partial charge is 0.436 e. The molecule has 5 nitrogen and oxygen atoms in total. The molecule has 0 unspecified atom stereocenters. The van der Waals surface area contributed by atoms with Gasteiger partial charge in [-0.1, -0.05) is 12.1 Å². The van der Waals surface area contributed by atoms with E-state index in [0.717, 1.165) is 36.0 Å². The number of rotatable bonds is 1. The molecule has 2 aromatic heterocycles. The fourth-order valence-corrected chi connectivity index (χ4v) is 3.52. The van der Waals surface area contributed by atoms with Gasteiger partial charge in [-0.25, -0.2) is 9.78 Å². The second-order valence-corrected chi connectivity index (χ2v) is 6.48. The van der Waals surface area contributed by atoms with Crippen LogP contribution in [-0.2, 0) is 6.42 Å². The normalized spacial score (nSPS) is 14.2. The Bertz CT molecular complexity index is 1140. The fraction of sp³-hybridized carbons (Fsp3) is 0.200. The summed E-state index contributed by atoms with van der Waals surface area (Å²) in [5.74, 6) is 0.298. The zero-order chi connectivity index (χ0) is 17.0. The SMILES string of the molecule is CN1CCCc2cc3cc(-c4nc5ccccc5o4)c(=O)oc3cc21. The number of aromatic nitrogens is 1. The molecule has 0 N–H and O–H groups in total. The molecule has 5 heteroatoms. The molecule has 3 heterocycles. The molecule has 4 aromatic rings. The topological polar surface area (TPSA) is 59.5 Å². The van der Waals surface area contributed by atoms with Crippen LogP contribution in [0.3, 0.4) is 0 Å². The average molecular weight is 332 g/mol. The van der Waals surface area contributed by atoms with Gasteiger partial charge >= 0.3 is 5.63 Å². The highest BCUT2D eigenvalue weighted by atomic mass is 16.4. The number of nitrogens with zero attached hydrogens (tertiary/aromatic N) is 2. The van der Waals surface area contributed by atoms with Crippen molar-refractivity contribution in [3.63, 3.8) is 0 Å². The molecule has 0 atom stereocenters. The molecular weight excluding hydrogens is 316 g/mol. The van der Waals surface area contributed by atoms with E-state index >= 15 is 0 Å². The Kier molecular flexibility index (Phi) is 2.98. The van der Waals surface area contributed by atoms with Crippen molar-refractivity contribution in [1.82, 2.24) is 4.98 Å². The number of oxazole rings is 1. The number of para-hydroxylation sites is 2. The lowest BCUT2D eigenvalue weighted by Gasteiger charge is -2.27. The summed E-state index contributed by atoms with van der Waals surface area (Å²) in [7, 11) is 2.06. The van der Waals surface area contributed by atoms with Crippen LogP contribution in [0, 0.1) is 0 Å². The lowest BCUT2D eigenvalue weighted by molar-refractivity contribution is 0.553. The van der Waals surface area contributed by atoms with Crippen molar-refractivity contribution < 1.29 is 8.83 Å². The first-order valence-electron chi connectivity index (χ1n) is 8.37. The maximum Gasteiger partial charge on any atom is 0.349 e. The van der Waals surface area contributed by atoms with Gasteiger partial charge in [-0.15, -0.1) is 0 Å². The molecule has 0 amide bonds. The molecular formula is C20H16N2O3. The number of anilines is 1. The van der Waals surface area contributed by atoms with E-state index < -0.39 is 5.63 Å². The Morgan fingerprint density at radius 1 is 1.08 bits per heavy atom. The zero-order valence-corrected chi connectivity index (χ0v) is 13.8. The predicted molar refractivity (Wildman–Crippen MR) is 97.1 cm³/mol. The maximum absolute atomic E-state index is 12.5. The zero-order valence-electron chi connectivity index (χ0n) is 13.8. The van der Waals surface area contributed by atoms with Crippen LogP contribution in [0.1, 0.15) is 12.0 Å². The van der Waals surface area contributed by atoms with E-state index in [2.05, 4.69) is 23.0 Å². The minimum atomic E-state index is -0.433. The molecule has 2 aromatic carbocycles. The van der Waals surface area contributed by atoms with E-state index in [9.17, 15) is 4.79 Å². The van der Waals surface area contributed by atoms with Crippen LogP contribution in [0.5, 0.6) is 0 Å². The third-order valence-electron chi connectivity index (χ3n) is 4.81. The molecule has 25 heavy (non-hydrogen) atoms. The van der Waals surface area contributed by atoms with Gasteiger partial charge in [0.25, 0.3) is 0 Å². The van der Waals surface area contributed by atoms with E-state index in [-0.39, 0.29) is 0 Å². The first-order chi connectivity index (χ1) is 12.2. The molecule has 0 aliphatic carbocycles. The standard InChI is InChI=1S/C20H16N2O3/c1-22-8-4-5-12-9-13-10-14(20(23)25-18(13)11-16(12)22)19-21-15-6-2-3-7-17(15)24-19/h2-3,6-7,9-11H,4-5,8H2,1H3. The molecule has 1 aliphatic rings. The average Bonchev–Trinajstić information content (AvgIpc) is 3.04. The van der Waals surface area contributed by atoms with Crippen LogP contribution in [0.15, 0.2) is 56.1 Å². The third-order valence-corrected chi connectivity index (χ3v) is 4.81. The van der Waals surface area contributed by atoms with Crippen LogP contribution in [-0.4, -0.2) is 18.6 Å². The van der Waals surface area contributed by atoms with Crippen LogP contribution in [0.2, 0.25) is 0 Å². The monoisotopic (exact) mass is 332 g/mol. The summed E-state index contributed by atoms with van der Waals surface area (Å²) >= 11 is 0. The van der Waals surface area contributed by atoms with E-state index in [0.29, 0.717) is 22.6 Å². The highest BCUT2D eigenvalue weighted by Gasteiger charge is 2.18. The van der Waals surface area contributed by atoms with Gasteiger partial charge in [0.1, 0.15) is 16.7 Å². The van der Waals surface area contributed by atoms with Crippen molar-refractivity contribution in [2.45, 2.75) is 12.8 Å². The maximum atomic E-state index is 12.5. The van der Waals surface area contributed by atoms with Gasteiger partial charge in [0.2, 0.25) is 5.89 Å². The Morgan fingerprint density at radius 2 is 1.96 bits per heavy atom. The van der Waals surface area contributed by atoms with Crippen molar-refractivity contribution >= 4 is 27.8 Å². The van der Waals surface area contributed by atoms with Crippen molar-refractivity contribution in [2.24, 2.45) is 0 Å². The van der Waals surface area contributed by atoms with Gasteiger partial charge in [-0.2, -0.15) is 0 Å². The van der Waals surface area contributed by atoms with E-state index in [1.807, 2.05) is 36.4 Å². The predicted octanol–water partition coefficient (Wildman–Crippen LogP) is 3.98. The van der Waals surface area contributed by atoms with Crippen molar-refractivity contribution in [1.29, 1.82) is 0 Å². The second kappa shape index (κ2) is 5.21. The summed E-state index contributed by atoms with van der Waals surface area (Å²) in [6.45, 7) is 1.02. The number of benzene rings is 2. The Hall–Kier alpha value is -3.08. The van der Waals surface area contributed by atoms with Gasteiger partial charge in [0.15, 0.2) is 5.58 Å². The summed E-state index contributed by atoms with van der Waals surface area (Å²) in [5, 5.41) is 0.894. The molecule has 0 saturated heterocycles. The highest BCUT2D eigenvalue weighted by Crippen LogP contribution is 2.32. The van der Waals surface area contributed by atoms with Crippen molar-refractivity contribution in [3.8, 4) is 11.5 Å². The summed E-state index contributed by atoms with van der Waals surface area (Å²) in [6.07, 6.45) is 2.16. The van der Waals surface area contributed by atoms with Gasteiger partial charge < -0.3 is 13.7 Å². The van der Waals surface area contributed by atoms with E-state index in [4.69, 9.17) is 8.83 Å². The van der Waals surface area contributed by atoms with Crippen molar-refractivity contribution in [3.05, 3.63) is 58.4 Å². The molecule has 124 valence electrons. The lowest BCUT2D eigenvalue weighted by atomic mass is 9.99. The van der Waals surface area contributed by atoms with Crippen molar-refractivity contribution in [2.75, 3.05) is 18.5 Å². The molecule has 0 saturated carbocycles. The quantitative estimate of drug-likeness (QED) is 0.493. The number of fused-ring (bicyclic) bond motifs is 3. The van der Waals surface area contributed by atoms with Crippen LogP contribution < -0.4 is 10.5 Å². The Labute approximate surface area is 143 Å². The van der Waals surface area contributed by atoms with Gasteiger partial charge in [0.05, 0.1) is 0 Å². The van der Waals surface area contributed by atoms with Crippen LogP contribution in [0.25, 0.3) is 33.5 Å². The van der Waals surface area contributed by atoms with Gasteiger partial charge in [-0.3, -0.25) is 0 Å². The Balaban J connectivity index is 1.72.